The van der Waals surface area contributed by atoms with Crippen molar-refractivity contribution in [2.45, 2.75) is 80.9 Å². The average Bonchev–Trinajstić information content (AvgIpc) is 3.48. The number of halogens is 1. The summed E-state index contributed by atoms with van der Waals surface area (Å²) < 4.78 is 34.2. The first-order valence-corrected chi connectivity index (χ1v) is 19.7. The molecule has 5 aromatic rings. The summed E-state index contributed by atoms with van der Waals surface area (Å²) in [6.45, 7) is 5.40. The number of anilines is 2. The molecule has 2 aromatic heterocycles. The third-order valence-corrected chi connectivity index (χ3v) is 12.6. The fourth-order valence-electron chi connectivity index (χ4n) is 9.09. The van der Waals surface area contributed by atoms with E-state index in [1.807, 2.05) is 12.1 Å². The fraction of sp³-hybridized carbons (Fsp3) is 0.350. The largest absolute Gasteiger partial charge is 0.444 e. The Kier molecular flexibility index (Phi) is 8.53. The molecule has 0 aliphatic heterocycles. The van der Waals surface area contributed by atoms with Crippen molar-refractivity contribution in [2.75, 3.05) is 10.6 Å². The van der Waals surface area contributed by atoms with Gasteiger partial charge in [0.1, 0.15) is 5.60 Å². The van der Waals surface area contributed by atoms with E-state index in [4.69, 9.17) is 21.3 Å². The number of nitrogens with one attached hydrogen (secondary N) is 3. The Balaban J connectivity index is 1.04. The molecule has 9 rings (SSSR count). The number of hydrogen-bond donors (Lipinski definition) is 3. The zero-order chi connectivity index (χ0) is 37.2. The lowest BCUT2D eigenvalue weighted by Gasteiger charge is -2.62. The standard InChI is InChI=1S/C40H41ClN6O5S/c1-38(2,3)52-37(49)43-28-15-13-27(14-16-28)35(48)45-39-18-25-17-26(19-39)21-40(20-25,24-39)46-36-42-22-32(41)34(44-36)31-23-47(33-12-8-7-11-30(31)33)53(50,51)29-9-5-4-6-10-29/h4-16,22-23,25-26H,17-21,24H2,1-3H3,(H,43,49)(H,45,48)(H,42,44,46). The maximum absolute atomic E-state index is 13.8. The van der Waals surface area contributed by atoms with Crippen molar-refractivity contribution in [1.82, 2.24) is 19.3 Å². The topological polar surface area (TPSA) is 144 Å². The number of amides is 2. The third kappa shape index (κ3) is 6.86. The molecule has 2 atom stereocenters. The molecule has 2 unspecified atom stereocenters. The zero-order valence-electron chi connectivity index (χ0n) is 29.7. The summed E-state index contributed by atoms with van der Waals surface area (Å²) >= 11 is 6.76. The van der Waals surface area contributed by atoms with Crippen LogP contribution in [0.3, 0.4) is 0 Å². The number of ether oxygens (including phenoxy) is 1. The first-order valence-electron chi connectivity index (χ1n) is 17.8. The third-order valence-electron chi connectivity index (χ3n) is 10.6. The van der Waals surface area contributed by atoms with Crippen LogP contribution in [0.25, 0.3) is 22.2 Å². The van der Waals surface area contributed by atoms with E-state index in [0.29, 0.717) is 62.6 Å². The molecule has 274 valence electrons. The van der Waals surface area contributed by atoms with Crippen LogP contribution >= 0.6 is 11.6 Å². The van der Waals surface area contributed by atoms with E-state index in [1.54, 1.807) is 99.9 Å². The van der Waals surface area contributed by atoms with Gasteiger partial charge in [-0.15, -0.1) is 0 Å². The normalized spacial score (nSPS) is 23.5. The number of nitrogens with zero attached hydrogens (tertiary/aromatic N) is 3. The highest BCUT2D eigenvalue weighted by atomic mass is 35.5. The summed E-state index contributed by atoms with van der Waals surface area (Å²) in [7, 11) is -3.90. The summed E-state index contributed by atoms with van der Waals surface area (Å²) in [5.41, 5.74) is 1.23. The van der Waals surface area contributed by atoms with E-state index < -0.39 is 27.3 Å². The van der Waals surface area contributed by atoms with Crippen molar-refractivity contribution in [2.24, 2.45) is 11.8 Å². The van der Waals surface area contributed by atoms with Gasteiger partial charge in [-0.25, -0.2) is 27.2 Å². The van der Waals surface area contributed by atoms with Crippen LogP contribution in [-0.4, -0.2) is 51.0 Å². The molecule has 13 heteroatoms. The molecule has 0 spiro atoms. The molecule has 0 saturated heterocycles. The van der Waals surface area contributed by atoms with Crippen LogP contribution in [0.4, 0.5) is 16.4 Å². The molecular formula is C40H41ClN6O5S. The van der Waals surface area contributed by atoms with Gasteiger partial charge in [-0.05, 0) is 114 Å². The summed E-state index contributed by atoms with van der Waals surface area (Å²) in [6, 6.07) is 22.4. The molecule has 4 aliphatic carbocycles. The summed E-state index contributed by atoms with van der Waals surface area (Å²) in [4.78, 5) is 35.6. The average molecular weight is 753 g/mol. The second-order valence-corrected chi connectivity index (χ2v) is 18.1. The quantitative estimate of drug-likeness (QED) is 0.144. The van der Waals surface area contributed by atoms with E-state index in [9.17, 15) is 18.0 Å². The minimum atomic E-state index is -3.90. The smallest absolute Gasteiger partial charge is 0.412 e. The van der Waals surface area contributed by atoms with Gasteiger partial charge in [0.25, 0.3) is 15.9 Å². The number of carbonyl (C=O) groups is 2. The minimum Gasteiger partial charge on any atom is -0.444 e. The first-order chi connectivity index (χ1) is 25.2. The summed E-state index contributed by atoms with van der Waals surface area (Å²) in [5.74, 6) is 1.11. The first kappa shape index (κ1) is 35.1. The lowest BCUT2D eigenvalue weighted by atomic mass is 9.50. The van der Waals surface area contributed by atoms with Crippen LogP contribution in [0.1, 0.15) is 69.7 Å². The molecule has 3 N–H and O–H groups in total. The predicted molar refractivity (Wildman–Crippen MR) is 205 cm³/mol. The van der Waals surface area contributed by atoms with Crippen molar-refractivity contribution in [1.29, 1.82) is 0 Å². The Hall–Kier alpha value is -4.94. The number of para-hydroxylation sites is 1. The van der Waals surface area contributed by atoms with Gasteiger partial charge in [-0.2, -0.15) is 0 Å². The maximum atomic E-state index is 13.8. The number of fused-ring (bicyclic) bond motifs is 1. The van der Waals surface area contributed by atoms with Gasteiger partial charge in [0.2, 0.25) is 5.95 Å². The molecule has 2 heterocycles. The number of benzene rings is 3. The van der Waals surface area contributed by atoms with Crippen LogP contribution in [0.5, 0.6) is 0 Å². The number of aromatic nitrogens is 3. The lowest BCUT2D eigenvalue weighted by Crippen LogP contribution is -2.67. The molecular weight excluding hydrogens is 712 g/mol. The molecule has 53 heavy (non-hydrogen) atoms. The number of rotatable bonds is 8. The molecule has 4 bridgehead atoms. The van der Waals surface area contributed by atoms with Crippen LogP contribution in [0, 0.1) is 11.8 Å². The van der Waals surface area contributed by atoms with Crippen LogP contribution < -0.4 is 16.0 Å². The predicted octanol–water partition coefficient (Wildman–Crippen LogP) is 8.27. The number of hydrogen-bond acceptors (Lipinski definition) is 8. The van der Waals surface area contributed by atoms with Crippen molar-refractivity contribution in [3.05, 3.63) is 102 Å². The van der Waals surface area contributed by atoms with Gasteiger partial charge < -0.3 is 15.4 Å². The Morgan fingerprint density at radius 3 is 2.26 bits per heavy atom. The van der Waals surface area contributed by atoms with E-state index in [0.717, 1.165) is 32.1 Å². The molecule has 4 fully saturated rings. The SMILES string of the molecule is CC(C)(C)OC(=O)Nc1ccc(C(=O)NC23CC4CC(C2)CC(Nc2ncc(Cl)c(-c5cn(S(=O)(=O)c6ccccc6)c6ccccc56)n2)(C4)C3)cc1. The van der Waals surface area contributed by atoms with Crippen molar-refractivity contribution in [3.8, 4) is 11.3 Å². The summed E-state index contributed by atoms with van der Waals surface area (Å²) in [6.07, 6.45) is 8.09. The van der Waals surface area contributed by atoms with Gasteiger partial charge in [0, 0.05) is 39.5 Å². The summed E-state index contributed by atoms with van der Waals surface area (Å²) in [5, 5.41) is 10.8. The van der Waals surface area contributed by atoms with Crippen molar-refractivity contribution >= 4 is 56.2 Å². The molecule has 4 saturated carbocycles. The molecule has 4 aliphatic rings. The van der Waals surface area contributed by atoms with Gasteiger partial charge in [-0.3, -0.25) is 10.1 Å². The van der Waals surface area contributed by atoms with Gasteiger partial charge in [0.15, 0.2) is 0 Å². The van der Waals surface area contributed by atoms with E-state index in [-0.39, 0.29) is 16.3 Å². The van der Waals surface area contributed by atoms with Crippen LogP contribution in [0.15, 0.2) is 96.2 Å². The Morgan fingerprint density at radius 2 is 1.57 bits per heavy atom. The van der Waals surface area contributed by atoms with Crippen molar-refractivity contribution in [3.63, 3.8) is 0 Å². The van der Waals surface area contributed by atoms with Gasteiger partial charge in [-0.1, -0.05) is 48.0 Å². The Bertz CT molecular complexity index is 2330. The molecule has 3 aromatic carbocycles. The Morgan fingerprint density at radius 1 is 0.906 bits per heavy atom. The molecule has 0 radical (unpaired) electrons. The second-order valence-electron chi connectivity index (χ2n) is 15.9. The van der Waals surface area contributed by atoms with Gasteiger partial charge >= 0.3 is 6.09 Å². The zero-order valence-corrected chi connectivity index (χ0v) is 31.3. The monoisotopic (exact) mass is 752 g/mol. The van der Waals surface area contributed by atoms with E-state index in [1.165, 1.54) is 3.97 Å². The van der Waals surface area contributed by atoms with Crippen LogP contribution in [-0.2, 0) is 14.8 Å². The Labute approximate surface area is 313 Å². The minimum absolute atomic E-state index is 0.155. The highest BCUT2D eigenvalue weighted by Gasteiger charge is 2.58. The van der Waals surface area contributed by atoms with E-state index >= 15 is 0 Å². The highest BCUT2D eigenvalue weighted by Crippen LogP contribution is 2.58. The maximum Gasteiger partial charge on any atom is 0.412 e. The molecule has 11 nitrogen and oxygen atoms in total. The second kappa shape index (κ2) is 12.9. The number of carbonyl (C=O) groups excluding carboxylic acids is 2. The van der Waals surface area contributed by atoms with E-state index in [2.05, 4.69) is 20.9 Å². The molecule has 2 amide bonds. The fourth-order valence-corrected chi connectivity index (χ4v) is 10.7. The van der Waals surface area contributed by atoms with Gasteiger partial charge in [0.05, 0.1) is 27.3 Å². The van der Waals surface area contributed by atoms with Crippen molar-refractivity contribution < 1.29 is 22.7 Å². The highest BCUT2D eigenvalue weighted by molar-refractivity contribution is 7.90. The van der Waals surface area contributed by atoms with Crippen LogP contribution in [0.2, 0.25) is 5.02 Å². The lowest BCUT2D eigenvalue weighted by molar-refractivity contribution is -0.0239.